The van der Waals surface area contributed by atoms with Crippen LogP contribution in [0.25, 0.3) is 5.69 Å². The summed E-state index contributed by atoms with van der Waals surface area (Å²) >= 11 is 6.31. The molecular weight excluding hydrogens is 368 g/mol. The second-order valence-corrected chi connectivity index (χ2v) is 7.42. The van der Waals surface area contributed by atoms with Crippen LogP contribution in [-0.4, -0.2) is 44.9 Å². The number of carboxylic acid groups (broad SMARTS) is 1. The number of hydrogen-bond acceptors (Lipinski definition) is 3. The molecule has 2 N–H and O–H groups in total. The lowest BCUT2D eigenvalue weighted by atomic mass is 9.99. The third-order valence-corrected chi connectivity index (χ3v) is 5.05. The van der Waals surface area contributed by atoms with Crippen molar-refractivity contribution in [3.63, 3.8) is 0 Å². The molecule has 1 aliphatic rings. The summed E-state index contributed by atoms with van der Waals surface area (Å²) in [6.07, 6.45) is 2.89. The summed E-state index contributed by atoms with van der Waals surface area (Å²) < 4.78 is 1.73. The Balaban J connectivity index is 1.84. The molecule has 2 heterocycles. The molecule has 1 fully saturated rings. The van der Waals surface area contributed by atoms with Crippen molar-refractivity contribution < 1.29 is 14.7 Å². The average molecular weight is 391 g/mol. The van der Waals surface area contributed by atoms with Gasteiger partial charge in [-0.05, 0) is 30.9 Å². The maximum atomic E-state index is 12.7. The highest BCUT2D eigenvalue weighted by atomic mass is 35.5. The third-order valence-electron chi connectivity index (χ3n) is 4.73. The van der Waals surface area contributed by atoms with Gasteiger partial charge >= 0.3 is 12.0 Å². The summed E-state index contributed by atoms with van der Waals surface area (Å²) in [6.45, 7) is 4.80. The molecule has 1 aromatic carbocycles. The number of para-hydroxylation sites is 1. The Labute approximate surface area is 162 Å². The van der Waals surface area contributed by atoms with Crippen LogP contribution in [0, 0.1) is 5.92 Å². The fraction of sp³-hybridized carbons (Fsp3) is 0.421. The van der Waals surface area contributed by atoms with Gasteiger partial charge in [-0.2, -0.15) is 5.10 Å². The molecular formula is C19H23ClN4O3. The predicted octanol–water partition coefficient (Wildman–Crippen LogP) is 3.98. The molecule has 0 bridgehead atoms. The molecule has 0 saturated carbocycles. The van der Waals surface area contributed by atoms with Crippen LogP contribution in [0.1, 0.15) is 38.3 Å². The molecule has 1 unspecified atom stereocenters. The van der Waals surface area contributed by atoms with Gasteiger partial charge in [0.25, 0.3) is 0 Å². The first-order valence-electron chi connectivity index (χ1n) is 9.00. The Morgan fingerprint density at radius 3 is 2.74 bits per heavy atom. The Hall–Kier alpha value is -2.54. The Kier molecular flexibility index (Phi) is 5.70. The number of aromatic nitrogens is 2. The zero-order valence-corrected chi connectivity index (χ0v) is 16.1. The third kappa shape index (κ3) is 4.08. The highest BCUT2D eigenvalue weighted by Gasteiger charge is 2.29. The molecule has 1 atom stereocenters. The number of carboxylic acids is 1. The Morgan fingerprint density at radius 2 is 2.07 bits per heavy atom. The predicted molar refractivity (Wildman–Crippen MR) is 104 cm³/mol. The van der Waals surface area contributed by atoms with Crippen LogP contribution in [0.4, 0.5) is 10.5 Å². The molecule has 1 saturated heterocycles. The fourth-order valence-electron chi connectivity index (χ4n) is 3.38. The second-order valence-electron chi connectivity index (χ2n) is 7.01. The average Bonchev–Trinajstić information content (AvgIpc) is 3.05. The van der Waals surface area contributed by atoms with Crippen LogP contribution < -0.4 is 5.32 Å². The van der Waals surface area contributed by atoms with Gasteiger partial charge in [0.2, 0.25) is 0 Å². The molecule has 0 spiro atoms. The van der Waals surface area contributed by atoms with E-state index in [1.54, 1.807) is 21.8 Å². The van der Waals surface area contributed by atoms with E-state index in [2.05, 4.69) is 10.4 Å². The van der Waals surface area contributed by atoms with Crippen LogP contribution in [0.3, 0.4) is 0 Å². The normalized spacial score (nSPS) is 17.2. The van der Waals surface area contributed by atoms with Gasteiger partial charge in [-0.1, -0.05) is 37.6 Å². The van der Waals surface area contributed by atoms with E-state index in [1.807, 2.05) is 32.0 Å². The number of benzene rings is 1. The monoisotopic (exact) mass is 390 g/mol. The minimum Gasteiger partial charge on any atom is -0.481 e. The SMILES string of the molecule is CC(C)c1c(NC(=O)N2CCCC(C(=O)O)C2)cnn1-c1ccccc1Cl. The molecule has 8 heteroatoms. The lowest BCUT2D eigenvalue weighted by molar-refractivity contribution is -0.143. The first-order chi connectivity index (χ1) is 12.9. The minimum absolute atomic E-state index is 0.0900. The first-order valence-corrected chi connectivity index (χ1v) is 9.37. The summed E-state index contributed by atoms with van der Waals surface area (Å²) in [6, 6.07) is 7.09. The molecule has 2 amide bonds. The maximum Gasteiger partial charge on any atom is 0.321 e. The van der Waals surface area contributed by atoms with Crippen LogP contribution >= 0.6 is 11.6 Å². The number of likely N-dealkylation sites (tertiary alicyclic amines) is 1. The molecule has 3 rings (SSSR count). The van der Waals surface area contributed by atoms with E-state index in [1.165, 1.54) is 0 Å². The minimum atomic E-state index is -0.859. The van der Waals surface area contributed by atoms with Crippen molar-refractivity contribution in [2.45, 2.75) is 32.6 Å². The number of piperidine rings is 1. The quantitative estimate of drug-likeness (QED) is 0.826. The lowest BCUT2D eigenvalue weighted by Gasteiger charge is -2.30. The summed E-state index contributed by atoms with van der Waals surface area (Å²) in [5, 5.41) is 17.1. The van der Waals surface area contributed by atoms with Gasteiger partial charge in [-0.3, -0.25) is 4.79 Å². The van der Waals surface area contributed by atoms with Crippen LogP contribution in [0.5, 0.6) is 0 Å². The Bertz CT molecular complexity index is 849. The summed E-state index contributed by atoms with van der Waals surface area (Å²) in [4.78, 5) is 25.5. The van der Waals surface area contributed by atoms with Crippen molar-refractivity contribution in [1.29, 1.82) is 0 Å². The largest absolute Gasteiger partial charge is 0.481 e. The number of anilines is 1. The van der Waals surface area contributed by atoms with Gasteiger partial charge in [0.15, 0.2) is 0 Å². The molecule has 2 aromatic rings. The molecule has 0 radical (unpaired) electrons. The van der Waals surface area contributed by atoms with Gasteiger partial charge in [-0.15, -0.1) is 0 Å². The van der Waals surface area contributed by atoms with Crippen molar-refractivity contribution in [3.8, 4) is 5.69 Å². The van der Waals surface area contributed by atoms with Crippen molar-refractivity contribution in [2.75, 3.05) is 18.4 Å². The molecule has 0 aliphatic carbocycles. The van der Waals surface area contributed by atoms with Crippen LogP contribution in [0.15, 0.2) is 30.5 Å². The number of halogens is 1. The van der Waals surface area contributed by atoms with Crippen molar-refractivity contribution in [1.82, 2.24) is 14.7 Å². The lowest BCUT2D eigenvalue weighted by Crippen LogP contribution is -2.44. The van der Waals surface area contributed by atoms with Crippen LogP contribution in [-0.2, 0) is 4.79 Å². The van der Waals surface area contributed by atoms with E-state index in [-0.39, 0.29) is 18.5 Å². The van der Waals surface area contributed by atoms with E-state index >= 15 is 0 Å². The number of carbonyl (C=O) groups is 2. The van der Waals surface area contributed by atoms with E-state index in [9.17, 15) is 14.7 Å². The molecule has 144 valence electrons. The van der Waals surface area contributed by atoms with E-state index in [0.717, 1.165) is 11.4 Å². The molecule has 7 nitrogen and oxygen atoms in total. The summed E-state index contributed by atoms with van der Waals surface area (Å²) in [7, 11) is 0. The van der Waals surface area contributed by atoms with Crippen molar-refractivity contribution in [3.05, 3.63) is 41.2 Å². The van der Waals surface area contributed by atoms with E-state index in [0.29, 0.717) is 30.1 Å². The highest BCUT2D eigenvalue weighted by molar-refractivity contribution is 6.32. The molecule has 1 aliphatic heterocycles. The van der Waals surface area contributed by atoms with Gasteiger partial charge in [0.1, 0.15) is 0 Å². The number of hydrogen-bond donors (Lipinski definition) is 2. The van der Waals surface area contributed by atoms with E-state index < -0.39 is 11.9 Å². The number of nitrogens with one attached hydrogen (secondary N) is 1. The number of amides is 2. The maximum absolute atomic E-state index is 12.7. The van der Waals surface area contributed by atoms with Crippen molar-refractivity contribution in [2.24, 2.45) is 5.92 Å². The second kappa shape index (κ2) is 8.00. The summed E-state index contributed by atoms with van der Waals surface area (Å²) in [5.41, 5.74) is 2.18. The highest BCUT2D eigenvalue weighted by Crippen LogP contribution is 2.30. The first kappa shape index (κ1) is 19.2. The van der Waals surface area contributed by atoms with Gasteiger partial charge < -0.3 is 15.3 Å². The van der Waals surface area contributed by atoms with Crippen LogP contribution in [0.2, 0.25) is 5.02 Å². The molecule has 27 heavy (non-hydrogen) atoms. The zero-order chi connectivity index (χ0) is 19.6. The van der Waals surface area contributed by atoms with E-state index in [4.69, 9.17) is 11.6 Å². The van der Waals surface area contributed by atoms with Gasteiger partial charge in [0, 0.05) is 13.1 Å². The number of urea groups is 1. The zero-order valence-electron chi connectivity index (χ0n) is 15.4. The number of aliphatic carboxylic acids is 1. The Morgan fingerprint density at radius 1 is 1.33 bits per heavy atom. The number of rotatable bonds is 4. The number of nitrogens with zero attached hydrogens (tertiary/aromatic N) is 3. The van der Waals surface area contributed by atoms with Crippen molar-refractivity contribution >= 4 is 29.3 Å². The van der Waals surface area contributed by atoms with Gasteiger partial charge in [0.05, 0.1) is 34.2 Å². The fourth-order valence-corrected chi connectivity index (χ4v) is 3.60. The standard InChI is InChI=1S/C19H23ClN4O3/c1-12(2)17-15(10-21-24(17)16-8-4-3-7-14(16)20)22-19(27)23-9-5-6-13(11-23)18(25)26/h3-4,7-8,10,12-13H,5-6,9,11H2,1-2H3,(H,22,27)(H,25,26). The topological polar surface area (TPSA) is 87.5 Å². The smallest absolute Gasteiger partial charge is 0.321 e. The van der Waals surface area contributed by atoms with Gasteiger partial charge in [-0.25, -0.2) is 9.48 Å². The molecule has 1 aromatic heterocycles. The summed E-state index contributed by atoms with van der Waals surface area (Å²) in [5.74, 6) is -1.28. The number of carbonyl (C=O) groups excluding carboxylic acids is 1.